The van der Waals surface area contributed by atoms with Crippen LogP contribution in [-0.2, 0) is 12.8 Å². The summed E-state index contributed by atoms with van der Waals surface area (Å²) in [6.07, 6.45) is 3.12. The van der Waals surface area contributed by atoms with Crippen molar-refractivity contribution in [3.8, 4) is 0 Å². The Morgan fingerprint density at radius 1 is 1.40 bits per heavy atom. The van der Waals surface area contributed by atoms with E-state index in [-0.39, 0.29) is 0 Å². The van der Waals surface area contributed by atoms with Crippen molar-refractivity contribution in [2.24, 2.45) is 11.8 Å². The Morgan fingerprint density at radius 3 is 2.73 bits per heavy atom. The lowest BCUT2D eigenvalue weighted by molar-refractivity contribution is 0.198. The molecule has 0 amide bonds. The zero-order valence-electron chi connectivity index (χ0n) is 9.66. The van der Waals surface area contributed by atoms with Gasteiger partial charge in [-0.3, -0.25) is 0 Å². The van der Waals surface area contributed by atoms with Gasteiger partial charge in [-0.15, -0.1) is 11.3 Å². The normalized spacial score (nSPS) is 22.9. The zero-order valence-corrected chi connectivity index (χ0v) is 10.5. The molecular formula is C12H19NOS. The molecule has 3 heteroatoms. The number of fused-ring (bicyclic) bond motifs is 1. The fraction of sp³-hybridized carbons (Fsp3) is 0.750. The van der Waals surface area contributed by atoms with Crippen LogP contribution in [0.5, 0.6) is 0 Å². The molecule has 0 bridgehead atoms. The molecule has 15 heavy (non-hydrogen) atoms. The molecule has 2 nitrogen and oxygen atoms in total. The number of thiazole rings is 1. The molecule has 1 aliphatic carbocycles. The van der Waals surface area contributed by atoms with Crippen molar-refractivity contribution in [1.29, 1.82) is 0 Å². The van der Waals surface area contributed by atoms with Crippen LogP contribution in [0, 0.1) is 11.8 Å². The minimum absolute atomic E-state index is 0.405. The molecule has 0 fully saturated rings. The molecule has 0 spiro atoms. The van der Waals surface area contributed by atoms with Crippen molar-refractivity contribution >= 4 is 11.3 Å². The van der Waals surface area contributed by atoms with Crippen LogP contribution in [0.15, 0.2) is 0 Å². The van der Waals surface area contributed by atoms with Crippen molar-refractivity contribution in [1.82, 2.24) is 4.98 Å². The zero-order chi connectivity index (χ0) is 11.0. The van der Waals surface area contributed by atoms with Gasteiger partial charge >= 0.3 is 0 Å². The van der Waals surface area contributed by atoms with E-state index in [0.29, 0.717) is 0 Å². The van der Waals surface area contributed by atoms with Crippen molar-refractivity contribution in [3.05, 3.63) is 15.6 Å². The molecule has 0 aliphatic heterocycles. The monoisotopic (exact) mass is 225 g/mol. The Balaban J connectivity index is 2.19. The average Bonchev–Trinajstić information content (AvgIpc) is 2.59. The minimum atomic E-state index is -0.405. The minimum Gasteiger partial charge on any atom is -0.386 e. The lowest BCUT2D eigenvalue weighted by Gasteiger charge is -2.24. The number of aliphatic hydroxyl groups excluding tert-OH is 1. The molecular weight excluding hydrogens is 206 g/mol. The van der Waals surface area contributed by atoms with Gasteiger partial charge in [0.15, 0.2) is 0 Å². The van der Waals surface area contributed by atoms with Crippen LogP contribution in [0.2, 0.25) is 0 Å². The van der Waals surface area contributed by atoms with E-state index in [1.807, 2.05) is 0 Å². The van der Waals surface area contributed by atoms with E-state index in [4.69, 9.17) is 0 Å². The summed E-state index contributed by atoms with van der Waals surface area (Å²) in [5, 5.41) is 10.4. The lowest BCUT2D eigenvalue weighted by atomic mass is 9.83. The highest BCUT2D eigenvalue weighted by molar-refractivity contribution is 7.11. The number of aryl methyl sites for hydroxylation is 1. The third kappa shape index (κ3) is 2.23. The van der Waals surface area contributed by atoms with E-state index in [1.54, 1.807) is 18.3 Å². The van der Waals surface area contributed by atoms with Crippen LogP contribution in [0.1, 0.15) is 48.9 Å². The van der Waals surface area contributed by atoms with Crippen LogP contribution in [0.4, 0.5) is 0 Å². The summed E-state index contributed by atoms with van der Waals surface area (Å²) in [5.74, 6) is 1.56. The van der Waals surface area contributed by atoms with Crippen LogP contribution in [0.25, 0.3) is 0 Å². The smallest absolute Gasteiger partial charge is 0.121 e. The van der Waals surface area contributed by atoms with Gasteiger partial charge in [0.25, 0.3) is 0 Å². The lowest BCUT2D eigenvalue weighted by Crippen LogP contribution is -2.17. The van der Waals surface area contributed by atoms with Gasteiger partial charge in [-0.05, 0) is 38.0 Å². The maximum atomic E-state index is 9.50. The Hall–Kier alpha value is -0.410. The highest BCUT2D eigenvalue weighted by Crippen LogP contribution is 2.34. The summed E-state index contributed by atoms with van der Waals surface area (Å²) >= 11 is 1.70. The summed E-state index contributed by atoms with van der Waals surface area (Å²) < 4.78 is 0. The number of aliphatic hydroxyl groups is 1. The number of hydrogen-bond acceptors (Lipinski definition) is 3. The molecule has 2 rings (SSSR count). The molecule has 1 aromatic heterocycles. The molecule has 2 unspecified atom stereocenters. The Bertz CT molecular complexity index is 343. The largest absolute Gasteiger partial charge is 0.386 e. The predicted octanol–water partition coefficient (Wildman–Crippen LogP) is 2.96. The SMILES string of the molecule is CC(O)c1nc2c(s1)CC(C(C)C)CC2. The summed E-state index contributed by atoms with van der Waals surface area (Å²) in [4.78, 5) is 5.93. The third-order valence-electron chi connectivity index (χ3n) is 3.29. The maximum absolute atomic E-state index is 9.50. The fourth-order valence-electron chi connectivity index (χ4n) is 2.17. The molecule has 1 aromatic rings. The summed E-state index contributed by atoms with van der Waals surface area (Å²) in [7, 11) is 0. The fourth-order valence-corrected chi connectivity index (χ4v) is 3.31. The highest BCUT2D eigenvalue weighted by Gasteiger charge is 2.25. The second-order valence-corrected chi connectivity index (χ2v) is 5.96. The van der Waals surface area contributed by atoms with Crippen LogP contribution >= 0.6 is 11.3 Å². The van der Waals surface area contributed by atoms with E-state index >= 15 is 0 Å². The van der Waals surface area contributed by atoms with Crippen molar-refractivity contribution in [2.45, 2.75) is 46.1 Å². The average molecular weight is 225 g/mol. The molecule has 1 aliphatic rings. The van der Waals surface area contributed by atoms with Gasteiger partial charge in [-0.2, -0.15) is 0 Å². The maximum Gasteiger partial charge on any atom is 0.121 e. The molecule has 0 saturated heterocycles. The quantitative estimate of drug-likeness (QED) is 0.839. The Kier molecular flexibility index (Phi) is 3.12. The number of aromatic nitrogens is 1. The first-order valence-corrected chi connectivity index (χ1v) is 6.56. The standard InChI is InChI=1S/C12H19NOS/c1-7(2)9-4-5-10-11(6-9)15-12(13-10)8(3)14/h7-9,14H,4-6H2,1-3H3. The number of rotatable bonds is 2. The summed E-state index contributed by atoms with van der Waals surface area (Å²) in [5.41, 5.74) is 1.24. The van der Waals surface area contributed by atoms with Crippen LogP contribution < -0.4 is 0 Å². The number of hydrogen-bond donors (Lipinski definition) is 1. The van der Waals surface area contributed by atoms with Gasteiger partial charge in [-0.25, -0.2) is 4.98 Å². The second-order valence-electron chi connectivity index (χ2n) is 4.84. The van der Waals surface area contributed by atoms with Gasteiger partial charge in [0.2, 0.25) is 0 Å². The molecule has 0 radical (unpaired) electrons. The van der Waals surface area contributed by atoms with Gasteiger partial charge in [0.1, 0.15) is 11.1 Å². The van der Waals surface area contributed by atoms with Gasteiger partial charge < -0.3 is 5.11 Å². The first-order valence-electron chi connectivity index (χ1n) is 5.74. The Labute approximate surface area is 95.4 Å². The van der Waals surface area contributed by atoms with Crippen molar-refractivity contribution < 1.29 is 5.11 Å². The van der Waals surface area contributed by atoms with E-state index in [0.717, 1.165) is 29.7 Å². The van der Waals surface area contributed by atoms with Crippen LogP contribution in [-0.4, -0.2) is 10.1 Å². The molecule has 84 valence electrons. The predicted molar refractivity (Wildman–Crippen MR) is 63.1 cm³/mol. The van der Waals surface area contributed by atoms with Crippen molar-refractivity contribution in [3.63, 3.8) is 0 Å². The first kappa shape index (κ1) is 11.1. The van der Waals surface area contributed by atoms with E-state index < -0.39 is 6.10 Å². The topological polar surface area (TPSA) is 33.1 Å². The number of nitrogens with zero attached hydrogens (tertiary/aromatic N) is 1. The van der Waals surface area contributed by atoms with E-state index in [9.17, 15) is 5.11 Å². The molecule has 1 heterocycles. The molecule has 2 atom stereocenters. The van der Waals surface area contributed by atoms with Crippen molar-refractivity contribution in [2.75, 3.05) is 0 Å². The Morgan fingerprint density at radius 2 is 2.13 bits per heavy atom. The third-order valence-corrected chi connectivity index (χ3v) is 4.58. The highest BCUT2D eigenvalue weighted by atomic mass is 32.1. The van der Waals surface area contributed by atoms with Gasteiger partial charge in [0, 0.05) is 4.88 Å². The van der Waals surface area contributed by atoms with Crippen LogP contribution in [0.3, 0.4) is 0 Å². The molecule has 0 aromatic carbocycles. The molecule has 1 N–H and O–H groups in total. The van der Waals surface area contributed by atoms with Gasteiger partial charge in [-0.1, -0.05) is 13.8 Å². The second kappa shape index (κ2) is 4.22. The molecule has 0 saturated carbocycles. The van der Waals surface area contributed by atoms with E-state index in [2.05, 4.69) is 18.8 Å². The summed E-state index contributed by atoms with van der Waals surface area (Å²) in [6.45, 7) is 6.39. The first-order chi connectivity index (χ1) is 7.08. The van der Waals surface area contributed by atoms with E-state index in [1.165, 1.54) is 17.0 Å². The summed E-state index contributed by atoms with van der Waals surface area (Å²) in [6, 6.07) is 0. The van der Waals surface area contributed by atoms with Gasteiger partial charge in [0.05, 0.1) is 5.69 Å².